The van der Waals surface area contributed by atoms with E-state index in [4.69, 9.17) is 0 Å². The van der Waals surface area contributed by atoms with Gasteiger partial charge in [-0.1, -0.05) is 19.9 Å². The number of hydrogen-bond donors (Lipinski definition) is 0. The molecule has 27 heavy (non-hydrogen) atoms. The van der Waals surface area contributed by atoms with Gasteiger partial charge in [-0.15, -0.1) is 0 Å². The van der Waals surface area contributed by atoms with Gasteiger partial charge in [-0.25, -0.2) is 13.4 Å². The van der Waals surface area contributed by atoms with Gasteiger partial charge in [0, 0.05) is 45.0 Å². The Labute approximate surface area is 162 Å². The SMILES string of the molecule is CC(C)CN(C(=O)CN1CCN(c2ccccn2)CC1)C1CCS(=O)(=O)C1. The highest BCUT2D eigenvalue weighted by atomic mass is 32.2. The van der Waals surface area contributed by atoms with Crippen LogP contribution in [0.2, 0.25) is 0 Å². The molecule has 2 saturated heterocycles. The second kappa shape index (κ2) is 8.56. The van der Waals surface area contributed by atoms with E-state index in [0.717, 1.165) is 32.0 Å². The van der Waals surface area contributed by atoms with Crippen molar-refractivity contribution in [3.05, 3.63) is 24.4 Å². The topological polar surface area (TPSA) is 73.8 Å². The van der Waals surface area contributed by atoms with E-state index in [9.17, 15) is 13.2 Å². The summed E-state index contributed by atoms with van der Waals surface area (Å²) >= 11 is 0. The smallest absolute Gasteiger partial charge is 0.237 e. The number of pyridine rings is 1. The van der Waals surface area contributed by atoms with Crippen LogP contribution >= 0.6 is 0 Å². The Hall–Kier alpha value is -1.67. The predicted octanol–water partition coefficient (Wildman–Crippen LogP) is 0.875. The van der Waals surface area contributed by atoms with E-state index >= 15 is 0 Å². The van der Waals surface area contributed by atoms with E-state index in [1.807, 2.05) is 23.1 Å². The number of nitrogens with zero attached hydrogens (tertiary/aromatic N) is 4. The number of sulfone groups is 1. The summed E-state index contributed by atoms with van der Waals surface area (Å²) in [6.07, 6.45) is 2.36. The van der Waals surface area contributed by atoms with Crippen LogP contribution in [-0.4, -0.2) is 85.9 Å². The number of aromatic nitrogens is 1. The van der Waals surface area contributed by atoms with E-state index in [0.29, 0.717) is 25.4 Å². The summed E-state index contributed by atoms with van der Waals surface area (Å²) in [4.78, 5) is 23.6. The molecule has 0 bridgehead atoms. The number of piperazine rings is 1. The zero-order valence-electron chi connectivity index (χ0n) is 16.2. The molecule has 0 aromatic carbocycles. The third kappa shape index (κ3) is 5.42. The van der Waals surface area contributed by atoms with Crippen LogP contribution in [0.5, 0.6) is 0 Å². The number of amides is 1. The summed E-state index contributed by atoms with van der Waals surface area (Å²) < 4.78 is 23.7. The molecule has 1 unspecified atom stereocenters. The van der Waals surface area contributed by atoms with E-state index in [-0.39, 0.29) is 23.5 Å². The Morgan fingerprint density at radius 1 is 1.26 bits per heavy atom. The number of anilines is 1. The molecule has 1 aromatic rings. The van der Waals surface area contributed by atoms with Gasteiger partial charge in [0.15, 0.2) is 9.84 Å². The van der Waals surface area contributed by atoms with Gasteiger partial charge in [0.2, 0.25) is 5.91 Å². The molecular weight excluding hydrogens is 364 g/mol. The van der Waals surface area contributed by atoms with Gasteiger partial charge >= 0.3 is 0 Å². The highest BCUT2D eigenvalue weighted by molar-refractivity contribution is 7.91. The summed E-state index contributed by atoms with van der Waals surface area (Å²) in [5.74, 6) is 1.65. The van der Waals surface area contributed by atoms with Crippen molar-refractivity contribution in [1.29, 1.82) is 0 Å². The molecule has 3 heterocycles. The maximum absolute atomic E-state index is 13.0. The van der Waals surface area contributed by atoms with E-state index in [2.05, 4.69) is 28.6 Å². The summed E-state index contributed by atoms with van der Waals surface area (Å²) in [6, 6.07) is 5.73. The van der Waals surface area contributed by atoms with Crippen molar-refractivity contribution < 1.29 is 13.2 Å². The molecule has 2 fully saturated rings. The van der Waals surface area contributed by atoms with Gasteiger partial charge in [0.25, 0.3) is 0 Å². The lowest BCUT2D eigenvalue weighted by molar-refractivity contribution is -0.135. The van der Waals surface area contributed by atoms with Crippen molar-refractivity contribution in [2.75, 3.05) is 55.7 Å². The maximum Gasteiger partial charge on any atom is 0.237 e. The molecule has 0 spiro atoms. The van der Waals surface area contributed by atoms with Crippen molar-refractivity contribution in [3.8, 4) is 0 Å². The number of rotatable bonds is 6. The normalized spacial score (nSPS) is 22.9. The van der Waals surface area contributed by atoms with Gasteiger partial charge in [-0.2, -0.15) is 0 Å². The lowest BCUT2D eigenvalue weighted by Crippen LogP contribution is -2.52. The second-order valence-electron chi connectivity index (χ2n) is 7.95. The average Bonchev–Trinajstić information content (AvgIpc) is 3.00. The van der Waals surface area contributed by atoms with Crippen LogP contribution in [0, 0.1) is 5.92 Å². The molecule has 2 aliphatic rings. The molecule has 7 nitrogen and oxygen atoms in total. The van der Waals surface area contributed by atoms with Crippen LogP contribution in [0.4, 0.5) is 5.82 Å². The molecular formula is C19H30N4O3S. The molecule has 1 amide bonds. The molecule has 0 radical (unpaired) electrons. The molecule has 150 valence electrons. The Balaban J connectivity index is 1.56. The van der Waals surface area contributed by atoms with Crippen LogP contribution < -0.4 is 4.90 Å². The first kappa shape index (κ1) is 20.1. The van der Waals surface area contributed by atoms with Gasteiger partial charge < -0.3 is 9.80 Å². The van der Waals surface area contributed by atoms with Gasteiger partial charge in [-0.3, -0.25) is 9.69 Å². The Morgan fingerprint density at radius 2 is 2.00 bits per heavy atom. The zero-order valence-corrected chi connectivity index (χ0v) is 17.1. The molecule has 0 aliphatic carbocycles. The lowest BCUT2D eigenvalue weighted by Gasteiger charge is -2.37. The maximum atomic E-state index is 13.0. The quantitative estimate of drug-likeness (QED) is 0.713. The highest BCUT2D eigenvalue weighted by Crippen LogP contribution is 2.20. The first-order valence-corrected chi connectivity index (χ1v) is 11.5. The predicted molar refractivity (Wildman–Crippen MR) is 106 cm³/mol. The Morgan fingerprint density at radius 3 is 2.56 bits per heavy atom. The zero-order chi connectivity index (χ0) is 19.4. The summed E-state index contributed by atoms with van der Waals surface area (Å²) in [5, 5.41) is 0. The first-order valence-electron chi connectivity index (χ1n) is 9.72. The fraction of sp³-hybridized carbons (Fsp3) is 0.684. The molecule has 1 aromatic heterocycles. The Bertz CT molecular complexity index is 731. The standard InChI is InChI=1S/C19H30N4O3S/c1-16(2)13-23(17-6-12-27(25,26)15-17)19(24)14-21-8-10-22(11-9-21)18-5-3-4-7-20-18/h3-5,7,16-17H,6,8-15H2,1-2H3. The summed E-state index contributed by atoms with van der Waals surface area (Å²) in [6.45, 7) is 8.40. The largest absolute Gasteiger partial charge is 0.354 e. The van der Waals surface area contributed by atoms with E-state index < -0.39 is 9.84 Å². The van der Waals surface area contributed by atoms with Crippen LogP contribution in [-0.2, 0) is 14.6 Å². The van der Waals surface area contributed by atoms with E-state index in [1.165, 1.54) is 0 Å². The number of carbonyl (C=O) groups excluding carboxylic acids is 1. The molecule has 3 rings (SSSR count). The van der Waals surface area contributed by atoms with Crippen molar-refractivity contribution in [3.63, 3.8) is 0 Å². The van der Waals surface area contributed by atoms with Crippen molar-refractivity contribution >= 4 is 21.6 Å². The van der Waals surface area contributed by atoms with Gasteiger partial charge in [0.05, 0.1) is 18.1 Å². The number of hydrogen-bond acceptors (Lipinski definition) is 6. The minimum Gasteiger partial charge on any atom is -0.354 e. The first-order chi connectivity index (χ1) is 12.8. The van der Waals surface area contributed by atoms with Gasteiger partial charge in [-0.05, 0) is 24.5 Å². The number of carbonyl (C=O) groups is 1. The van der Waals surface area contributed by atoms with E-state index in [1.54, 1.807) is 6.20 Å². The van der Waals surface area contributed by atoms with Gasteiger partial charge in [0.1, 0.15) is 5.82 Å². The Kier molecular flexibility index (Phi) is 6.37. The lowest BCUT2D eigenvalue weighted by atomic mass is 10.1. The van der Waals surface area contributed by atoms with Crippen LogP contribution in [0.15, 0.2) is 24.4 Å². The minimum atomic E-state index is -3.00. The van der Waals surface area contributed by atoms with Crippen molar-refractivity contribution in [1.82, 2.24) is 14.8 Å². The third-order valence-corrected chi connectivity index (χ3v) is 6.99. The fourth-order valence-corrected chi connectivity index (χ4v) is 5.56. The highest BCUT2D eigenvalue weighted by Gasteiger charge is 2.35. The monoisotopic (exact) mass is 394 g/mol. The van der Waals surface area contributed by atoms with Crippen LogP contribution in [0.25, 0.3) is 0 Å². The summed E-state index contributed by atoms with van der Waals surface area (Å²) in [5.41, 5.74) is 0. The molecule has 0 N–H and O–H groups in total. The summed E-state index contributed by atoms with van der Waals surface area (Å²) in [7, 11) is -3.00. The van der Waals surface area contributed by atoms with Crippen molar-refractivity contribution in [2.24, 2.45) is 5.92 Å². The average molecular weight is 395 g/mol. The van der Waals surface area contributed by atoms with Crippen LogP contribution in [0.1, 0.15) is 20.3 Å². The fourth-order valence-electron chi connectivity index (χ4n) is 3.83. The molecule has 1 atom stereocenters. The van der Waals surface area contributed by atoms with Crippen LogP contribution in [0.3, 0.4) is 0 Å². The molecule has 0 saturated carbocycles. The molecule has 2 aliphatic heterocycles. The molecule has 8 heteroatoms. The minimum absolute atomic E-state index is 0.0529. The third-order valence-electron chi connectivity index (χ3n) is 5.24. The van der Waals surface area contributed by atoms with Crippen molar-refractivity contribution in [2.45, 2.75) is 26.3 Å². The second-order valence-corrected chi connectivity index (χ2v) is 10.2.